The quantitative estimate of drug-likeness (QED) is 0.737. The Labute approximate surface area is 137 Å². The van der Waals surface area contributed by atoms with Gasteiger partial charge in [0.05, 0.1) is 10.2 Å². The van der Waals surface area contributed by atoms with Gasteiger partial charge >= 0.3 is 0 Å². The minimum Gasteiger partial charge on any atom is -0.389 e. The van der Waals surface area contributed by atoms with E-state index in [1.165, 1.54) is 5.56 Å². The molecule has 0 heterocycles. The Balaban J connectivity index is 2.23. The summed E-state index contributed by atoms with van der Waals surface area (Å²) in [5, 5.41) is 3.06. The van der Waals surface area contributed by atoms with Crippen molar-refractivity contribution in [2.45, 2.75) is 19.8 Å². The highest BCUT2D eigenvalue weighted by Crippen LogP contribution is 2.29. The summed E-state index contributed by atoms with van der Waals surface area (Å²) in [6.07, 6.45) is 2.15. The summed E-state index contributed by atoms with van der Waals surface area (Å²) in [6.45, 7) is 2.14. The average molecular weight is 367 g/mol. The third kappa shape index (κ3) is 3.80. The van der Waals surface area contributed by atoms with Crippen LogP contribution in [0.1, 0.15) is 24.5 Å². The van der Waals surface area contributed by atoms with Gasteiger partial charge in [-0.1, -0.05) is 37.7 Å². The third-order valence-corrected chi connectivity index (χ3v) is 4.11. The van der Waals surface area contributed by atoms with Gasteiger partial charge in [-0.05, 0) is 52.2 Å². The van der Waals surface area contributed by atoms with E-state index in [4.69, 9.17) is 18.0 Å². The zero-order chi connectivity index (χ0) is 15.4. The number of nitrogens with two attached hydrogens (primary N) is 1. The molecule has 0 aliphatic rings. The highest BCUT2D eigenvalue weighted by Gasteiger charge is 2.12. The maximum atomic E-state index is 14.3. The molecule has 110 valence electrons. The molecule has 2 rings (SSSR count). The number of benzene rings is 2. The molecular weight excluding hydrogens is 351 g/mol. The van der Waals surface area contributed by atoms with Crippen molar-refractivity contribution >= 4 is 44.5 Å². The van der Waals surface area contributed by atoms with Gasteiger partial charge in [0, 0.05) is 11.3 Å². The van der Waals surface area contributed by atoms with Crippen molar-refractivity contribution in [1.29, 1.82) is 0 Å². The van der Waals surface area contributed by atoms with Crippen LogP contribution in [-0.4, -0.2) is 4.99 Å². The Morgan fingerprint density at radius 2 is 1.90 bits per heavy atom. The SMILES string of the molecule is CCCc1ccc(Nc2ccc(C(N)=S)c(Br)c2F)cc1. The van der Waals surface area contributed by atoms with E-state index in [0.717, 1.165) is 18.5 Å². The highest BCUT2D eigenvalue weighted by molar-refractivity contribution is 9.10. The van der Waals surface area contributed by atoms with E-state index in [0.29, 0.717) is 11.3 Å². The molecule has 0 aliphatic carbocycles. The van der Waals surface area contributed by atoms with Gasteiger partial charge in [-0.3, -0.25) is 0 Å². The van der Waals surface area contributed by atoms with Crippen LogP contribution in [0.15, 0.2) is 40.9 Å². The van der Waals surface area contributed by atoms with Gasteiger partial charge in [0.2, 0.25) is 0 Å². The second kappa shape index (κ2) is 7.00. The van der Waals surface area contributed by atoms with E-state index in [9.17, 15) is 4.39 Å². The molecule has 2 aromatic carbocycles. The Morgan fingerprint density at radius 3 is 2.48 bits per heavy atom. The van der Waals surface area contributed by atoms with E-state index < -0.39 is 5.82 Å². The largest absolute Gasteiger partial charge is 0.389 e. The zero-order valence-electron chi connectivity index (χ0n) is 11.6. The predicted molar refractivity (Wildman–Crippen MR) is 93.7 cm³/mol. The van der Waals surface area contributed by atoms with Crippen molar-refractivity contribution in [1.82, 2.24) is 0 Å². The van der Waals surface area contributed by atoms with Gasteiger partial charge in [0.1, 0.15) is 4.99 Å². The number of nitrogens with one attached hydrogen (secondary N) is 1. The van der Waals surface area contributed by atoms with Gasteiger partial charge in [0.25, 0.3) is 0 Å². The van der Waals surface area contributed by atoms with Crippen molar-refractivity contribution in [3.05, 3.63) is 57.8 Å². The van der Waals surface area contributed by atoms with Crippen LogP contribution in [0.2, 0.25) is 0 Å². The molecule has 0 atom stereocenters. The maximum absolute atomic E-state index is 14.3. The highest BCUT2D eigenvalue weighted by atomic mass is 79.9. The van der Waals surface area contributed by atoms with Crippen LogP contribution in [0.4, 0.5) is 15.8 Å². The van der Waals surface area contributed by atoms with E-state index in [2.05, 4.69) is 28.2 Å². The lowest BCUT2D eigenvalue weighted by molar-refractivity contribution is 0.625. The van der Waals surface area contributed by atoms with Gasteiger partial charge in [-0.2, -0.15) is 0 Å². The number of hydrogen-bond acceptors (Lipinski definition) is 2. The van der Waals surface area contributed by atoms with Crippen molar-refractivity contribution in [3.8, 4) is 0 Å². The lowest BCUT2D eigenvalue weighted by Crippen LogP contribution is -2.11. The average Bonchev–Trinajstić information content (AvgIpc) is 2.46. The lowest BCUT2D eigenvalue weighted by Gasteiger charge is -2.11. The monoisotopic (exact) mass is 366 g/mol. The van der Waals surface area contributed by atoms with Crippen LogP contribution in [0, 0.1) is 5.82 Å². The van der Waals surface area contributed by atoms with Crippen LogP contribution in [-0.2, 0) is 6.42 Å². The van der Waals surface area contributed by atoms with Crippen molar-refractivity contribution < 1.29 is 4.39 Å². The number of hydrogen-bond donors (Lipinski definition) is 2. The minimum absolute atomic E-state index is 0.163. The molecule has 0 fully saturated rings. The number of anilines is 2. The molecule has 0 amide bonds. The van der Waals surface area contributed by atoms with E-state index >= 15 is 0 Å². The first kappa shape index (κ1) is 15.9. The molecule has 0 radical (unpaired) electrons. The van der Waals surface area contributed by atoms with Crippen molar-refractivity contribution in [2.24, 2.45) is 5.73 Å². The first-order chi connectivity index (χ1) is 10.0. The fourth-order valence-electron chi connectivity index (χ4n) is 2.04. The van der Waals surface area contributed by atoms with Gasteiger partial charge in [-0.15, -0.1) is 0 Å². The maximum Gasteiger partial charge on any atom is 0.161 e. The molecule has 3 N–H and O–H groups in total. The van der Waals surface area contributed by atoms with Gasteiger partial charge < -0.3 is 11.1 Å². The molecule has 0 spiro atoms. The molecule has 2 aromatic rings. The topological polar surface area (TPSA) is 38.0 Å². The smallest absolute Gasteiger partial charge is 0.161 e. The summed E-state index contributed by atoms with van der Waals surface area (Å²) in [6, 6.07) is 11.3. The minimum atomic E-state index is -0.405. The molecule has 0 aromatic heterocycles. The summed E-state index contributed by atoms with van der Waals surface area (Å²) < 4.78 is 14.6. The van der Waals surface area contributed by atoms with Crippen LogP contribution in [0.3, 0.4) is 0 Å². The van der Waals surface area contributed by atoms with E-state index in [1.807, 2.05) is 24.3 Å². The van der Waals surface area contributed by atoms with Crippen molar-refractivity contribution in [2.75, 3.05) is 5.32 Å². The molecule has 0 saturated carbocycles. The molecule has 0 aliphatic heterocycles. The number of rotatable bonds is 5. The molecule has 0 unspecified atom stereocenters. The predicted octanol–water partition coefficient (Wildman–Crippen LogP) is 4.92. The molecule has 2 nitrogen and oxygen atoms in total. The zero-order valence-corrected chi connectivity index (χ0v) is 14.0. The van der Waals surface area contributed by atoms with Gasteiger partial charge in [0.15, 0.2) is 5.82 Å². The normalized spacial score (nSPS) is 10.4. The number of halogens is 2. The standard InChI is InChI=1S/C16H16BrFN2S/c1-2-3-10-4-6-11(7-5-10)20-13-9-8-12(16(19)21)14(17)15(13)18/h4-9,20H,2-3H2,1H3,(H2,19,21). The summed E-state index contributed by atoms with van der Waals surface area (Å²) in [5.74, 6) is -0.405. The summed E-state index contributed by atoms with van der Waals surface area (Å²) in [5.41, 5.74) is 8.53. The first-order valence-electron chi connectivity index (χ1n) is 6.66. The summed E-state index contributed by atoms with van der Waals surface area (Å²) >= 11 is 8.08. The van der Waals surface area contributed by atoms with Crippen LogP contribution in [0.5, 0.6) is 0 Å². The second-order valence-electron chi connectivity index (χ2n) is 4.72. The molecule has 21 heavy (non-hydrogen) atoms. The molecule has 0 bridgehead atoms. The van der Waals surface area contributed by atoms with Crippen LogP contribution >= 0.6 is 28.1 Å². The Hall–Kier alpha value is -1.46. The summed E-state index contributed by atoms with van der Waals surface area (Å²) in [4.78, 5) is 0.163. The number of thiocarbonyl (C=S) groups is 1. The van der Waals surface area contributed by atoms with Crippen LogP contribution < -0.4 is 11.1 Å². The molecule has 5 heteroatoms. The number of aryl methyl sites for hydroxylation is 1. The Bertz CT molecular complexity index is 656. The fraction of sp³-hybridized carbons (Fsp3) is 0.188. The molecular formula is C16H16BrFN2S. The first-order valence-corrected chi connectivity index (χ1v) is 7.86. The summed E-state index contributed by atoms with van der Waals surface area (Å²) in [7, 11) is 0. The lowest BCUT2D eigenvalue weighted by atomic mass is 10.1. The van der Waals surface area contributed by atoms with Crippen LogP contribution in [0.25, 0.3) is 0 Å². The van der Waals surface area contributed by atoms with E-state index in [-0.39, 0.29) is 9.46 Å². The fourth-order valence-corrected chi connectivity index (χ4v) is 2.90. The second-order valence-corrected chi connectivity index (χ2v) is 5.96. The third-order valence-electron chi connectivity index (χ3n) is 3.12. The van der Waals surface area contributed by atoms with Crippen molar-refractivity contribution in [3.63, 3.8) is 0 Å². The molecule has 0 saturated heterocycles. The van der Waals surface area contributed by atoms with Gasteiger partial charge in [-0.25, -0.2) is 4.39 Å². The Morgan fingerprint density at radius 1 is 1.24 bits per heavy atom. The van der Waals surface area contributed by atoms with E-state index in [1.54, 1.807) is 12.1 Å². The Kier molecular flexibility index (Phi) is 5.31.